The number of fused-ring (bicyclic) bond motifs is 1. The molecule has 0 N–H and O–H groups in total. The molecule has 0 atom stereocenters. The van der Waals surface area contributed by atoms with Gasteiger partial charge in [-0.05, 0) is 12.1 Å². The van der Waals surface area contributed by atoms with Gasteiger partial charge in [0.1, 0.15) is 5.52 Å². The van der Waals surface area contributed by atoms with Crippen LogP contribution in [0.4, 0.5) is 0 Å². The van der Waals surface area contributed by atoms with Crippen LogP contribution in [0.1, 0.15) is 31.5 Å². The number of benzene rings is 1. The van der Waals surface area contributed by atoms with E-state index in [0.29, 0.717) is 17.4 Å². The predicted octanol–water partition coefficient (Wildman–Crippen LogP) is 2.59. The van der Waals surface area contributed by atoms with Crippen LogP contribution in [0.5, 0.6) is 0 Å². The SMILES string of the molecule is CC(C)(C)c1nc(Cn2nnc3ccccc3c2=O)cs1. The number of hydrogen-bond acceptors (Lipinski definition) is 5. The third-order valence-corrected chi connectivity index (χ3v) is 4.45. The van der Waals surface area contributed by atoms with Gasteiger partial charge in [0, 0.05) is 10.8 Å². The highest BCUT2D eigenvalue weighted by molar-refractivity contribution is 7.09. The number of hydrogen-bond donors (Lipinski definition) is 0. The maximum atomic E-state index is 12.4. The third-order valence-electron chi connectivity index (χ3n) is 3.13. The Kier molecular flexibility index (Phi) is 3.33. The summed E-state index contributed by atoms with van der Waals surface area (Å²) in [5.74, 6) is 0. The molecule has 108 valence electrons. The van der Waals surface area contributed by atoms with Crippen LogP contribution in [0.25, 0.3) is 10.9 Å². The molecule has 21 heavy (non-hydrogen) atoms. The minimum absolute atomic E-state index is 0.0168. The molecule has 0 fully saturated rings. The fourth-order valence-corrected chi connectivity index (χ4v) is 2.90. The number of rotatable bonds is 2. The molecule has 0 unspecified atom stereocenters. The van der Waals surface area contributed by atoms with E-state index in [0.717, 1.165) is 10.7 Å². The standard InChI is InChI=1S/C15H16N4OS/c1-15(2,3)14-16-10(9-21-14)8-19-13(20)11-6-4-5-7-12(11)17-18-19/h4-7,9H,8H2,1-3H3. The van der Waals surface area contributed by atoms with Crippen LogP contribution in [0, 0.1) is 0 Å². The van der Waals surface area contributed by atoms with E-state index in [1.54, 1.807) is 23.5 Å². The lowest BCUT2D eigenvalue weighted by Gasteiger charge is -2.13. The third kappa shape index (κ3) is 2.71. The van der Waals surface area contributed by atoms with Crippen molar-refractivity contribution in [2.24, 2.45) is 0 Å². The summed E-state index contributed by atoms with van der Waals surface area (Å²) in [5.41, 5.74) is 1.35. The molecule has 0 saturated carbocycles. The van der Waals surface area contributed by atoms with Crippen LogP contribution in [0.15, 0.2) is 34.4 Å². The second-order valence-electron chi connectivity index (χ2n) is 5.96. The molecule has 0 aliphatic heterocycles. The lowest BCUT2D eigenvalue weighted by molar-refractivity contribution is 0.568. The van der Waals surface area contributed by atoms with Crippen LogP contribution in [0.2, 0.25) is 0 Å². The van der Waals surface area contributed by atoms with Crippen molar-refractivity contribution >= 4 is 22.2 Å². The Balaban J connectivity index is 1.97. The smallest absolute Gasteiger partial charge is 0.267 e. The van der Waals surface area contributed by atoms with Gasteiger partial charge in [-0.15, -0.1) is 16.4 Å². The first-order valence-corrected chi connectivity index (χ1v) is 7.60. The number of aromatic nitrogens is 4. The summed E-state index contributed by atoms with van der Waals surface area (Å²) < 4.78 is 1.36. The molecule has 0 aliphatic carbocycles. The van der Waals surface area contributed by atoms with Crippen LogP contribution in [-0.4, -0.2) is 20.0 Å². The zero-order chi connectivity index (χ0) is 15.0. The largest absolute Gasteiger partial charge is 0.277 e. The normalized spacial score (nSPS) is 12.0. The Morgan fingerprint density at radius 3 is 2.71 bits per heavy atom. The van der Waals surface area contributed by atoms with Crippen LogP contribution in [0.3, 0.4) is 0 Å². The topological polar surface area (TPSA) is 60.7 Å². The predicted molar refractivity (Wildman–Crippen MR) is 83.7 cm³/mol. The average molecular weight is 300 g/mol. The Morgan fingerprint density at radius 1 is 1.24 bits per heavy atom. The molecule has 0 aliphatic rings. The summed E-state index contributed by atoms with van der Waals surface area (Å²) in [6, 6.07) is 7.23. The molecule has 0 saturated heterocycles. The Bertz CT molecular complexity index is 844. The number of thiazole rings is 1. The van der Waals surface area contributed by atoms with Crippen molar-refractivity contribution in [1.29, 1.82) is 0 Å². The van der Waals surface area contributed by atoms with E-state index in [2.05, 4.69) is 36.1 Å². The molecule has 0 radical (unpaired) electrons. The van der Waals surface area contributed by atoms with Crippen molar-refractivity contribution in [2.75, 3.05) is 0 Å². The summed E-state index contributed by atoms with van der Waals surface area (Å²) >= 11 is 1.61. The first kappa shape index (κ1) is 13.9. The molecule has 5 nitrogen and oxygen atoms in total. The monoisotopic (exact) mass is 300 g/mol. The lowest BCUT2D eigenvalue weighted by atomic mass is 9.98. The minimum atomic E-state index is -0.133. The first-order valence-electron chi connectivity index (χ1n) is 6.72. The maximum Gasteiger partial charge on any atom is 0.277 e. The summed E-state index contributed by atoms with van der Waals surface area (Å²) in [5, 5.41) is 11.7. The summed E-state index contributed by atoms with van der Waals surface area (Å²) in [7, 11) is 0. The summed E-state index contributed by atoms with van der Waals surface area (Å²) in [4.78, 5) is 17.0. The summed E-state index contributed by atoms with van der Waals surface area (Å²) in [6.07, 6.45) is 0. The average Bonchev–Trinajstić information content (AvgIpc) is 2.91. The summed E-state index contributed by atoms with van der Waals surface area (Å²) in [6.45, 7) is 6.72. The molecular formula is C15H16N4OS. The van der Waals surface area contributed by atoms with Crippen molar-refractivity contribution in [3.05, 3.63) is 50.7 Å². The van der Waals surface area contributed by atoms with Crippen LogP contribution < -0.4 is 5.56 Å². The van der Waals surface area contributed by atoms with E-state index in [1.807, 2.05) is 17.5 Å². The Hall–Kier alpha value is -2.08. The molecule has 2 aromatic heterocycles. The van der Waals surface area contributed by atoms with Crippen LogP contribution in [-0.2, 0) is 12.0 Å². The van der Waals surface area contributed by atoms with Crippen molar-refractivity contribution in [3.8, 4) is 0 Å². The Morgan fingerprint density at radius 2 is 2.00 bits per heavy atom. The minimum Gasteiger partial charge on any atom is -0.267 e. The van der Waals surface area contributed by atoms with Gasteiger partial charge in [0.25, 0.3) is 5.56 Å². The van der Waals surface area contributed by atoms with Gasteiger partial charge in [0.2, 0.25) is 0 Å². The molecule has 3 rings (SSSR count). The number of nitrogens with zero attached hydrogens (tertiary/aromatic N) is 4. The van der Waals surface area contributed by atoms with Crippen molar-refractivity contribution in [3.63, 3.8) is 0 Å². The Labute approximate surface area is 126 Å². The van der Waals surface area contributed by atoms with Crippen molar-refractivity contribution < 1.29 is 0 Å². The van der Waals surface area contributed by atoms with Crippen molar-refractivity contribution in [1.82, 2.24) is 20.0 Å². The van der Waals surface area contributed by atoms with E-state index in [9.17, 15) is 4.79 Å². The molecule has 0 spiro atoms. The van der Waals surface area contributed by atoms with Gasteiger partial charge in [0.15, 0.2) is 0 Å². The molecular weight excluding hydrogens is 284 g/mol. The molecule has 1 aromatic carbocycles. The van der Waals surface area contributed by atoms with E-state index in [-0.39, 0.29) is 11.0 Å². The van der Waals surface area contributed by atoms with E-state index < -0.39 is 0 Å². The van der Waals surface area contributed by atoms with Gasteiger partial charge in [-0.3, -0.25) is 4.79 Å². The van der Waals surface area contributed by atoms with Gasteiger partial charge in [0.05, 0.1) is 22.6 Å². The maximum absolute atomic E-state index is 12.4. The molecule has 3 aromatic rings. The second-order valence-corrected chi connectivity index (χ2v) is 6.82. The van der Waals surface area contributed by atoms with E-state index in [1.165, 1.54) is 4.68 Å². The van der Waals surface area contributed by atoms with Crippen LogP contribution >= 0.6 is 11.3 Å². The van der Waals surface area contributed by atoms with Gasteiger partial charge in [-0.1, -0.05) is 38.1 Å². The quantitative estimate of drug-likeness (QED) is 0.730. The van der Waals surface area contributed by atoms with Gasteiger partial charge < -0.3 is 0 Å². The van der Waals surface area contributed by atoms with E-state index in [4.69, 9.17) is 0 Å². The molecule has 0 amide bonds. The molecule has 6 heteroatoms. The molecule has 2 heterocycles. The molecule has 0 bridgehead atoms. The zero-order valence-corrected chi connectivity index (χ0v) is 13.0. The van der Waals surface area contributed by atoms with Gasteiger partial charge in [-0.2, -0.15) is 0 Å². The first-order chi connectivity index (χ1) is 9.95. The lowest BCUT2D eigenvalue weighted by Crippen LogP contribution is -2.25. The zero-order valence-electron chi connectivity index (χ0n) is 12.2. The highest BCUT2D eigenvalue weighted by Gasteiger charge is 2.18. The highest BCUT2D eigenvalue weighted by Crippen LogP contribution is 2.25. The fraction of sp³-hybridized carbons (Fsp3) is 0.333. The van der Waals surface area contributed by atoms with Gasteiger partial charge >= 0.3 is 0 Å². The van der Waals surface area contributed by atoms with Crippen molar-refractivity contribution in [2.45, 2.75) is 32.7 Å². The van der Waals surface area contributed by atoms with Gasteiger partial charge in [-0.25, -0.2) is 9.67 Å². The second kappa shape index (κ2) is 5.04. The van der Waals surface area contributed by atoms with E-state index >= 15 is 0 Å². The fourth-order valence-electron chi connectivity index (χ4n) is 2.00. The highest BCUT2D eigenvalue weighted by atomic mass is 32.1.